The van der Waals surface area contributed by atoms with E-state index in [-0.39, 0.29) is 0 Å². The van der Waals surface area contributed by atoms with Crippen LogP contribution in [-0.4, -0.2) is 6.61 Å². The summed E-state index contributed by atoms with van der Waals surface area (Å²) in [6, 6.07) is 8.54. The highest BCUT2D eigenvalue weighted by Crippen LogP contribution is 2.17. The molecule has 108 valence electrons. The molecule has 0 heterocycles. The molecule has 1 heteroatoms. The van der Waals surface area contributed by atoms with Gasteiger partial charge in [-0.1, -0.05) is 49.3 Å². The van der Waals surface area contributed by atoms with Crippen LogP contribution in [0, 0.1) is 0 Å². The predicted octanol–water partition coefficient (Wildman–Crippen LogP) is 5.46. The summed E-state index contributed by atoms with van der Waals surface area (Å²) in [5.41, 5.74) is 2.90. The van der Waals surface area contributed by atoms with Crippen LogP contribution in [0.1, 0.15) is 51.0 Å². The average Bonchev–Trinajstić information content (AvgIpc) is 2.50. The third kappa shape index (κ3) is 5.24. The van der Waals surface area contributed by atoms with Gasteiger partial charge in [0.1, 0.15) is 5.75 Å². The van der Waals surface area contributed by atoms with E-state index in [1.807, 2.05) is 0 Å². The Hall–Kier alpha value is -1.50. The number of aryl methyl sites for hydroxylation is 1. The zero-order valence-electron chi connectivity index (χ0n) is 12.6. The van der Waals surface area contributed by atoms with Gasteiger partial charge in [0.2, 0.25) is 0 Å². The van der Waals surface area contributed by atoms with E-state index in [4.69, 9.17) is 4.74 Å². The molecular weight excluding hydrogens is 244 g/mol. The van der Waals surface area contributed by atoms with Crippen LogP contribution in [0.4, 0.5) is 0 Å². The number of unbranched alkanes of at least 4 members (excludes halogenated alkanes) is 1. The first-order chi connectivity index (χ1) is 9.88. The summed E-state index contributed by atoms with van der Waals surface area (Å²) in [5.74, 6) is 1.00. The average molecular weight is 270 g/mol. The monoisotopic (exact) mass is 270 g/mol. The quantitative estimate of drug-likeness (QED) is 0.569. The van der Waals surface area contributed by atoms with Crippen LogP contribution < -0.4 is 4.74 Å². The second-order valence-corrected chi connectivity index (χ2v) is 5.46. The molecule has 0 saturated carbocycles. The van der Waals surface area contributed by atoms with Crippen LogP contribution in [0.25, 0.3) is 0 Å². The minimum Gasteiger partial charge on any atom is -0.494 e. The first-order valence-corrected chi connectivity index (χ1v) is 7.96. The van der Waals surface area contributed by atoms with Crippen LogP contribution in [0.2, 0.25) is 0 Å². The molecule has 0 N–H and O–H groups in total. The van der Waals surface area contributed by atoms with Gasteiger partial charge in [0, 0.05) is 0 Å². The molecule has 1 aliphatic rings. The first-order valence-electron chi connectivity index (χ1n) is 7.96. The van der Waals surface area contributed by atoms with Gasteiger partial charge in [-0.3, -0.25) is 0 Å². The van der Waals surface area contributed by atoms with Crippen LogP contribution in [0.5, 0.6) is 5.75 Å². The predicted molar refractivity (Wildman–Crippen MR) is 86.2 cm³/mol. The van der Waals surface area contributed by atoms with Crippen molar-refractivity contribution in [2.45, 2.75) is 51.9 Å². The molecule has 0 radical (unpaired) electrons. The summed E-state index contributed by atoms with van der Waals surface area (Å²) in [4.78, 5) is 0. The Bertz CT molecular complexity index is 439. The second kappa shape index (κ2) is 8.63. The van der Waals surface area contributed by atoms with E-state index in [2.05, 4.69) is 49.4 Å². The van der Waals surface area contributed by atoms with Crippen molar-refractivity contribution in [3.8, 4) is 5.75 Å². The van der Waals surface area contributed by atoms with E-state index in [0.717, 1.165) is 25.2 Å². The molecule has 0 aliphatic heterocycles. The fraction of sp³-hybridized carbons (Fsp3) is 0.474. The Morgan fingerprint density at radius 1 is 1.00 bits per heavy atom. The maximum atomic E-state index is 5.79. The fourth-order valence-corrected chi connectivity index (χ4v) is 2.52. The van der Waals surface area contributed by atoms with Crippen LogP contribution in [0.3, 0.4) is 0 Å². The molecule has 0 unspecified atom stereocenters. The number of hydrogen-bond acceptors (Lipinski definition) is 1. The summed E-state index contributed by atoms with van der Waals surface area (Å²) >= 11 is 0. The molecule has 20 heavy (non-hydrogen) atoms. The highest BCUT2D eigenvalue weighted by molar-refractivity contribution is 5.27. The SMILES string of the molecule is CCCc1ccc(OCCCCC2=CCCC=C2)cc1. The van der Waals surface area contributed by atoms with Crippen molar-refractivity contribution in [3.63, 3.8) is 0 Å². The van der Waals surface area contributed by atoms with Gasteiger partial charge in [-0.05, 0) is 56.2 Å². The van der Waals surface area contributed by atoms with Crippen molar-refractivity contribution in [1.82, 2.24) is 0 Å². The lowest BCUT2D eigenvalue weighted by atomic mass is 10.0. The molecule has 1 aromatic rings. The molecule has 0 saturated heterocycles. The summed E-state index contributed by atoms with van der Waals surface area (Å²) in [7, 11) is 0. The molecule has 0 bridgehead atoms. The zero-order valence-corrected chi connectivity index (χ0v) is 12.6. The molecule has 0 aromatic heterocycles. The molecule has 1 aromatic carbocycles. The maximum absolute atomic E-state index is 5.79. The third-order valence-electron chi connectivity index (χ3n) is 3.66. The zero-order chi connectivity index (χ0) is 14.0. The van der Waals surface area contributed by atoms with Gasteiger partial charge in [0.15, 0.2) is 0 Å². The Kier molecular flexibility index (Phi) is 6.43. The maximum Gasteiger partial charge on any atom is 0.119 e. The molecule has 1 nitrogen and oxygen atoms in total. The van der Waals surface area contributed by atoms with E-state index >= 15 is 0 Å². The van der Waals surface area contributed by atoms with Gasteiger partial charge in [-0.2, -0.15) is 0 Å². The van der Waals surface area contributed by atoms with Crippen molar-refractivity contribution < 1.29 is 4.74 Å². The summed E-state index contributed by atoms with van der Waals surface area (Å²) in [5, 5.41) is 0. The number of hydrogen-bond donors (Lipinski definition) is 0. The summed E-state index contributed by atoms with van der Waals surface area (Å²) in [6.45, 7) is 3.03. The Morgan fingerprint density at radius 3 is 2.55 bits per heavy atom. The van der Waals surface area contributed by atoms with E-state index in [0.29, 0.717) is 0 Å². The topological polar surface area (TPSA) is 9.23 Å². The van der Waals surface area contributed by atoms with Gasteiger partial charge >= 0.3 is 0 Å². The highest BCUT2D eigenvalue weighted by Gasteiger charge is 1.99. The molecule has 1 aliphatic carbocycles. The van der Waals surface area contributed by atoms with E-state index < -0.39 is 0 Å². The lowest BCUT2D eigenvalue weighted by molar-refractivity contribution is 0.307. The van der Waals surface area contributed by atoms with Gasteiger partial charge in [-0.25, -0.2) is 0 Å². The van der Waals surface area contributed by atoms with Gasteiger partial charge in [0.05, 0.1) is 6.61 Å². The minimum absolute atomic E-state index is 0.824. The van der Waals surface area contributed by atoms with E-state index in [1.54, 1.807) is 0 Å². The van der Waals surface area contributed by atoms with Crippen molar-refractivity contribution in [2.75, 3.05) is 6.61 Å². The van der Waals surface area contributed by atoms with E-state index in [1.165, 1.54) is 43.2 Å². The van der Waals surface area contributed by atoms with Gasteiger partial charge in [-0.15, -0.1) is 0 Å². The van der Waals surface area contributed by atoms with Crippen molar-refractivity contribution in [1.29, 1.82) is 0 Å². The first kappa shape index (κ1) is 14.9. The molecule has 0 atom stereocenters. The Labute approximate surface area is 123 Å². The number of rotatable bonds is 8. The van der Waals surface area contributed by atoms with Gasteiger partial charge < -0.3 is 4.74 Å². The summed E-state index contributed by atoms with van der Waals surface area (Å²) in [6.07, 6.45) is 15.2. The normalized spacial score (nSPS) is 14.2. The molecule has 0 fully saturated rings. The number of allylic oxidation sites excluding steroid dienone is 4. The Morgan fingerprint density at radius 2 is 1.85 bits per heavy atom. The third-order valence-corrected chi connectivity index (χ3v) is 3.66. The molecule has 0 spiro atoms. The second-order valence-electron chi connectivity index (χ2n) is 5.46. The molecule has 0 amide bonds. The number of benzene rings is 1. The smallest absolute Gasteiger partial charge is 0.119 e. The Balaban J connectivity index is 1.60. The van der Waals surface area contributed by atoms with Crippen molar-refractivity contribution >= 4 is 0 Å². The van der Waals surface area contributed by atoms with Crippen molar-refractivity contribution in [3.05, 3.63) is 53.6 Å². The van der Waals surface area contributed by atoms with Crippen LogP contribution >= 0.6 is 0 Å². The highest BCUT2D eigenvalue weighted by atomic mass is 16.5. The van der Waals surface area contributed by atoms with Crippen LogP contribution in [0.15, 0.2) is 48.1 Å². The lowest BCUT2D eigenvalue weighted by Gasteiger charge is -2.08. The van der Waals surface area contributed by atoms with Crippen molar-refractivity contribution in [2.24, 2.45) is 0 Å². The fourth-order valence-electron chi connectivity index (χ4n) is 2.52. The molecule has 2 rings (SSSR count). The standard InChI is InChI=1S/C19H26O/c1-2-8-17-12-14-19(15-13-17)20-16-7-6-11-18-9-4-3-5-10-18/h4,9-10,12-15H,2-3,5-8,11,16H2,1H3. The largest absolute Gasteiger partial charge is 0.494 e. The van der Waals surface area contributed by atoms with E-state index in [9.17, 15) is 0 Å². The molecular formula is C19H26O. The minimum atomic E-state index is 0.824. The lowest BCUT2D eigenvalue weighted by Crippen LogP contribution is -1.98. The summed E-state index contributed by atoms with van der Waals surface area (Å²) < 4.78 is 5.79. The van der Waals surface area contributed by atoms with Gasteiger partial charge in [0.25, 0.3) is 0 Å². The number of ether oxygens (including phenoxy) is 1. The van der Waals surface area contributed by atoms with Crippen LogP contribution in [-0.2, 0) is 6.42 Å².